The van der Waals surface area contributed by atoms with Crippen molar-refractivity contribution < 1.29 is 19.4 Å². The number of rotatable bonds is 4. The van der Waals surface area contributed by atoms with Gasteiger partial charge in [0.15, 0.2) is 6.54 Å². The maximum Gasteiger partial charge on any atom is 0.279 e. The molecule has 2 N–H and O–H groups in total. The second-order valence-corrected chi connectivity index (χ2v) is 4.84. The quantitative estimate of drug-likeness (QED) is 0.588. The number of nitro benzene ring substituents is 1. The Hall–Kier alpha value is -1.99. The average molecular weight is 280 g/mol. The fourth-order valence-electron chi connectivity index (χ4n) is 2.12. The van der Waals surface area contributed by atoms with Gasteiger partial charge in [0.1, 0.15) is 13.1 Å². The zero-order valence-electron chi connectivity index (χ0n) is 11.3. The van der Waals surface area contributed by atoms with Crippen LogP contribution in [0.1, 0.15) is 5.56 Å². The Morgan fingerprint density at radius 1 is 1.45 bits per heavy atom. The van der Waals surface area contributed by atoms with Gasteiger partial charge >= 0.3 is 0 Å². The van der Waals surface area contributed by atoms with Crippen molar-refractivity contribution >= 4 is 17.3 Å². The van der Waals surface area contributed by atoms with E-state index in [1.807, 2.05) is 0 Å². The number of anilines is 1. The van der Waals surface area contributed by atoms with E-state index in [9.17, 15) is 14.9 Å². The second-order valence-electron chi connectivity index (χ2n) is 4.84. The third-order valence-electron chi connectivity index (χ3n) is 3.32. The predicted octanol–water partition coefficient (Wildman–Crippen LogP) is -0.243. The van der Waals surface area contributed by atoms with E-state index in [2.05, 4.69) is 5.32 Å². The van der Waals surface area contributed by atoms with Gasteiger partial charge in [-0.3, -0.25) is 14.9 Å². The summed E-state index contributed by atoms with van der Waals surface area (Å²) in [7, 11) is 0. The number of aryl methyl sites for hydroxylation is 1. The van der Waals surface area contributed by atoms with E-state index in [-0.39, 0.29) is 11.6 Å². The largest absolute Gasteiger partial charge is 0.370 e. The highest BCUT2D eigenvalue weighted by molar-refractivity contribution is 5.92. The molecule has 0 saturated carbocycles. The highest BCUT2D eigenvalue weighted by Gasteiger charge is 2.18. The molecule has 1 amide bonds. The Balaban J connectivity index is 1.99. The van der Waals surface area contributed by atoms with Crippen molar-refractivity contribution in [2.24, 2.45) is 0 Å². The summed E-state index contributed by atoms with van der Waals surface area (Å²) in [5.41, 5.74) is 1.28. The molecule has 7 nitrogen and oxygen atoms in total. The number of carbonyl (C=O) groups is 1. The van der Waals surface area contributed by atoms with Crippen LogP contribution in [0.2, 0.25) is 0 Å². The Morgan fingerprint density at radius 2 is 2.15 bits per heavy atom. The van der Waals surface area contributed by atoms with Crippen LogP contribution in [0.15, 0.2) is 18.2 Å². The number of hydrogen-bond acceptors (Lipinski definition) is 4. The first-order valence-electron chi connectivity index (χ1n) is 6.52. The van der Waals surface area contributed by atoms with E-state index in [4.69, 9.17) is 4.74 Å². The minimum atomic E-state index is -0.470. The van der Waals surface area contributed by atoms with Crippen LogP contribution in [0.25, 0.3) is 0 Å². The normalized spacial score (nSPS) is 15.8. The first kappa shape index (κ1) is 14.4. The first-order valence-corrected chi connectivity index (χ1v) is 6.52. The average Bonchev–Trinajstić information content (AvgIpc) is 2.42. The summed E-state index contributed by atoms with van der Waals surface area (Å²) in [6.45, 7) is 5.10. The molecule has 0 spiro atoms. The van der Waals surface area contributed by atoms with Crippen LogP contribution in [0.4, 0.5) is 11.4 Å². The number of morpholine rings is 1. The van der Waals surface area contributed by atoms with Crippen LogP contribution in [0, 0.1) is 17.0 Å². The highest BCUT2D eigenvalue weighted by atomic mass is 16.6. The van der Waals surface area contributed by atoms with Gasteiger partial charge in [0.25, 0.3) is 11.6 Å². The molecule has 2 rings (SSSR count). The number of amides is 1. The Kier molecular flexibility index (Phi) is 4.65. The molecule has 0 bridgehead atoms. The molecule has 1 aliphatic heterocycles. The van der Waals surface area contributed by atoms with Crippen molar-refractivity contribution in [3.63, 3.8) is 0 Å². The summed E-state index contributed by atoms with van der Waals surface area (Å²) in [5, 5.41) is 13.5. The first-order chi connectivity index (χ1) is 9.56. The van der Waals surface area contributed by atoms with Gasteiger partial charge < -0.3 is 15.0 Å². The lowest BCUT2D eigenvalue weighted by molar-refractivity contribution is -0.899. The molecule has 0 unspecified atom stereocenters. The lowest BCUT2D eigenvalue weighted by atomic mass is 10.2. The molecule has 1 saturated heterocycles. The third-order valence-corrected chi connectivity index (χ3v) is 3.32. The van der Waals surface area contributed by atoms with E-state index < -0.39 is 4.92 Å². The monoisotopic (exact) mass is 280 g/mol. The molecule has 108 valence electrons. The fourth-order valence-corrected chi connectivity index (χ4v) is 2.12. The van der Waals surface area contributed by atoms with Gasteiger partial charge in [-0.05, 0) is 12.5 Å². The van der Waals surface area contributed by atoms with Gasteiger partial charge in [-0.2, -0.15) is 0 Å². The summed E-state index contributed by atoms with van der Waals surface area (Å²) in [5.74, 6) is -0.134. The van der Waals surface area contributed by atoms with Crippen molar-refractivity contribution in [1.82, 2.24) is 0 Å². The third kappa shape index (κ3) is 3.75. The molecule has 1 aromatic rings. The number of quaternary nitrogens is 1. The molecular formula is C13H18N3O4+. The van der Waals surface area contributed by atoms with Crippen molar-refractivity contribution in [2.75, 3.05) is 38.2 Å². The molecule has 1 aromatic carbocycles. The number of ether oxygens (including phenoxy) is 1. The minimum Gasteiger partial charge on any atom is -0.370 e. The lowest BCUT2D eigenvalue weighted by Crippen LogP contribution is -3.15. The Morgan fingerprint density at radius 3 is 2.80 bits per heavy atom. The van der Waals surface area contributed by atoms with E-state index in [1.54, 1.807) is 13.0 Å². The van der Waals surface area contributed by atoms with Crippen molar-refractivity contribution in [3.8, 4) is 0 Å². The molecule has 0 aromatic heterocycles. The molecule has 1 aliphatic rings. The van der Waals surface area contributed by atoms with Crippen LogP contribution in [-0.4, -0.2) is 43.7 Å². The summed E-state index contributed by atoms with van der Waals surface area (Å²) in [4.78, 5) is 23.4. The van der Waals surface area contributed by atoms with Gasteiger partial charge in [-0.15, -0.1) is 0 Å². The number of nitrogens with zero attached hydrogens (tertiary/aromatic N) is 1. The van der Waals surface area contributed by atoms with Crippen LogP contribution in [0.3, 0.4) is 0 Å². The lowest BCUT2D eigenvalue weighted by Gasteiger charge is -2.23. The maximum atomic E-state index is 12.0. The van der Waals surface area contributed by atoms with Gasteiger partial charge in [-0.25, -0.2) is 0 Å². The zero-order valence-corrected chi connectivity index (χ0v) is 11.3. The Bertz CT molecular complexity index is 512. The molecule has 1 heterocycles. The number of benzene rings is 1. The van der Waals surface area contributed by atoms with E-state index in [0.717, 1.165) is 23.6 Å². The molecular weight excluding hydrogens is 262 g/mol. The van der Waals surface area contributed by atoms with Crippen molar-refractivity contribution in [2.45, 2.75) is 6.92 Å². The van der Waals surface area contributed by atoms with Crippen LogP contribution in [-0.2, 0) is 9.53 Å². The number of carbonyl (C=O) groups excluding carboxylic acids is 1. The predicted molar refractivity (Wildman–Crippen MR) is 72.8 cm³/mol. The number of non-ortho nitro benzene ring substituents is 1. The molecule has 1 fully saturated rings. The number of hydrogen-bond donors (Lipinski definition) is 2. The van der Waals surface area contributed by atoms with Gasteiger partial charge in [0.05, 0.1) is 23.8 Å². The zero-order chi connectivity index (χ0) is 14.5. The fraction of sp³-hybridized carbons (Fsp3) is 0.462. The van der Waals surface area contributed by atoms with Crippen molar-refractivity contribution in [1.29, 1.82) is 0 Å². The van der Waals surface area contributed by atoms with Crippen LogP contribution >= 0.6 is 0 Å². The summed E-state index contributed by atoms with van der Waals surface area (Å²) >= 11 is 0. The Labute approximate surface area is 116 Å². The van der Waals surface area contributed by atoms with Gasteiger partial charge in [-0.1, -0.05) is 6.07 Å². The SMILES string of the molecule is Cc1ccc([N+](=O)[O-])cc1NC(=O)C[NH+]1CCOCC1. The molecule has 20 heavy (non-hydrogen) atoms. The van der Waals surface area contributed by atoms with Gasteiger partial charge in [0.2, 0.25) is 0 Å². The van der Waals surface area contributed by atoms with Crippen LogP contribution < -0.4 is 10.2 Å². The highest BCUT2D eigenvalue weighted by Crippen LogP contribution is 2.21. The van der Waals surface area contributed by atoms with Gasteiger partial charge in [0, 0.05) is 12.1 Å². The second kappa shape index (κ2) is 6.44. The maximum absolute atomic E-state index is 12.0. The number of nitrogens with one attached hydrogen (secondary N) is 2. The minimum absolute atomic E-state index is 0.0235. The molecule has 0 aliphatic carbocycles. The number of nitro groups is 1. The molecule has 7 heteroatoms. The molecule has 0 radical (unpaired) electrons. The van der Waals surface area contributed by atoms with E-state index in [0.29, 0.717) is 25.4 Å². The topological polar surface area (TPSA) is 85.9 Å². The summed E-state index contributed by atoms with van der Waals surface area (Å²) < 4.78 is 5.23. The van der Waals surface area contributed by atoms with Crippen LogP contribution in [0.5, 0.6) is 0 Å². The van der Waals surface area contributed by atoms with E-state index >= 15 is 0 Å². The van der Waals surface area contributed by atoms with E-state index in [1.165, 1.54) is 12.1 Å². The molecule has 0 atom stereocenters. The summed E-state index contributed by atoms with van der Waals surface area (Å²) in [6, 6.07) is 4.45. The van der Waals surface area contributed by atoms with Crippen molar-refractivity contribution in [3.05, 3.63) is 33.9 Å². The summed E-state index contributed by atoms with van der Waals surface area (Å²) in [6.07, 6.45) is 0. The smallest absolute Gasteiger partial charge is 0.279 e. The standard InChI is InChI=1S/C13H17N3O4/c1-10-2-3-11(16(18)19)8-12(10)14-13(17)9-15-4-6-20-7-5-15/h2-3,8H,4-7,9H2,1H3,(H,14,17)/p+1.